The van der Waals surface area contributed by atoms with Gasteiger partial charge in [-0.1, -0.05) is 44.2 Å². The summed E-state index contributed by atoms with van der Waals surface area (Å²) in [7, 11) is 0. The molecule has 3 aromatic rings. The topological polar surface area (TPSA) is 74.4 Å². The lowest BCUT2D eigenvalue weighted by Crippen LogP contribution is -2.37. The lowest BCUT2D eigenvalue weighted by Gasteiger charge is -2.38. The van der Waals surface area contributed by atoms with E-state index < -0.39 is 12.2 Å². The molecule has 0 bridgehead atoms. The minimum absolute atomic E-state index is 0.354. The van der Waals surface area contributed by atoms with E-state index in [1.807, 2.05) is 50.2 Å². The number of pyridine rings is 1. The van der Waals surface area contributed by atoms with Gasteiger partial charge >= 0.3 is 6.09 Å². The van der Waals surface area contributed by atoms with Crippen molar-refractivity contribution < 1.29 is 14.3 Å². The first-order valence-electron chi connectivity index (χ1n) is 8.53. The number of amides is 1. The van der Waals surface area contributed by atoms with Crippen LogP contribution in [0.2, 0.25) is 0 Å². The molecule has 26 heavy (non-hydrogen) atoms. The molecule has 5 heteroatoms. The van der Waals surface area contributed by atoms with Gasteiger partial charge in [0.15, 0.2) is 0 Å². The largest absolute Gasteiger partial charge is 0.492 e. The molecule has 0 fully saturated rings. The van der Waals surface area contributed by atoms with Crippen molar-refractivity contribution in [3.8, 4) is 16.9 Å². The van der Waals surface area contributed by atoms with Crippen LogP contribution in [0.3, 0.4) is 0 Å². The summed E-state index contributed by atoms with van der Waals surface area (Å²) in [4.78, 5) is 15.8. The highest BCUT2D eigenvalue weighted by molar-refractivity contribution is 5.94. The Kier molecular flexibility index (Phi) is 3.80. The Morgan fingerprint density at radius 3 is 2.88 bits per heavy atom. The number of benzene rings is 2. The number of primary amides is 1. The fourth-order valence-corrected chi connectivity index (χ4v) is 3.50. The number of hydrogen-bond donors (Lipinski definition) is 1. The Morgan fingerprint density at radius 1 is 1.23 bits per heavy atom. The average molecular weight is 348 g/mol. The van der Waals surface area contributed by atoms with Crippen LogP contribution in [-0.2, 0) is 4.74 Å². The van der Waals surface area contributed by atoms with E-state index in [-0.39, 0.29) is 5.41 Å². The maximum Gasteiger partial charge on any atom is 0.405 e. The van der Waals surface area contributed by atoms with Crippen molar-refractivity contribution in [2.45, 2.75) is 20.0 Å². The number of nitrogens with two attached hydrogens (primary N) is 1. The fourth-order valence-electron chi connectivity index (χ4n) is 3.50. The number of fused-ring (bicyclic) bond motifs is 2. The second-order valence-corrected chi connectivity index (χ2v) is 7.22. The molecule has 1 unspecified atom stereocenters. The fraction of sp³-hybridized carbons (Fsp3) is 0.238. The second-order valence-electron chi connectivity index (χ2n) is 7.22. The molecular weight excluding hydrogens is 328 g/mol. The first-order valence-corrected chi connectivity index (χ1v) is 8.53. The third kappa shape index (κ3) is 2.75. The number of hydrogen-bond acceptors (Lipinski definition) is 4. The van der Waals surface area contributed by atoms with Gasteiger partial charge in [-0.3, -0.25) is 4.98 Å². The summed E-state index contributed by atoms with van der Waals surface area (Å²) in [6.07, 6.45) is 0.572. The molecule has 0 spiro atoms. The molecule has 2 N–H and O–H groups in total. The lowest BCUT2D eigenvalue weighted by molar-refractivity contribution is -0.0176. The van der Waals surface area contributed by atoms with E-state index in [2.05, 4.69) is 17.1 Å². The van der Waals surface area contributed by atoms with Gasteiger partial charge in [-0.15, -0.1) is 0 Å². The van der Waals surface area contributed by atoms with Gasteiger partial charge in [0.1, 0.15) is 11.9 Å². The third-order valence-electron chi connectivity index (χ3n) is 4.80. The molecule has 5 nitrogen and oxygen atoms in total. The molecule has 2 heterocycles. The summed E-state index contributed by atoms with van der Waals surface area (Å²) in [5.74, 6) is 0.717. The second kappa shape index (κ2) is 6.02. The van der Waals surface area contributed by atoms with Gasteiger partial charge in [-0.2, -0.15) is 0 Å². The van der Waals surface area contributed by atoms with Gasteiger partial charge in [-0.05, 0) is 29.3 Å². The Labute approximate surface area is 151 Å². The smallest absolute Gasteiger partial charge is 0.405 e. The van der Waals surface area contributed by atoms with Crippen LogP contribution in [0, 0.1) is 5.41 Å². The molecule has 1 aliphatic rings. The molecule has 4 rings (SSSR count). The molecule has 2 aromatic carbocycles. The highest BCUT2D eigenvalue weighted by Gasteiger charge is 2.40. The summed E-state index contributed by atoms with van der Waals surface area (Å²) >= 11 is 0. The third-order valence-corrected chi connectivity index (χ3v) is 4.80. The van der Waals surface area contributed by atoms with E-state index in [4.69, 9.17) is 15.2 Å². The molecule has 1 atom stereocenters. The van der Waals surface area contributed by atoms with E-state index in [0.29, 0.717) is 12.4 Å². The van der Waals surface area contributed by atoms with Crippen LogP contribution in [0.15, 0.2) is 54.7 Å². The summed E-state index contributed by atoms with van der Waals surface area (Å²) in [6.45, 7) is 4.43. The van der Waals surface area contributed by atoms with Crippen molar-refractivity contribution >= 4 is 17.0 Å². The highest BCUT2D eigenvalue weighted by atomic mass is 16.6. The zero-order chi connectivity index (χ0) is 18.3. The number of nitrogens with zero attached hydrogens (tertiary/aromatic N) is 1. The maximum atomic E-state index is 11.4. The van der Waals surface area contributed by atoms with Gasteiger partial charge in [0.25, 0.3) is 0 Å². The molecule has 0 saturated carbocycles. The number of carbonyl (C=O) groups excluding carboxylic acids is 1. The zero-order valence-corrected chi connectivity index (χ0v) is 14.7. The van der Waals surface area contributed by atoms with Gasteiger partial charge in [0.2, 0.25) is 0 Å². The summed E-state index contributed by atoms with van der Waals surface area (Å²) < 4.78 is 11.4. The van der Waals surface area contributed by atoms with Crippen molar-refractivity contribution in [3.05, 3.63) is 60.3 Å². The van der Waals surface area contributed by atoms with Gasteiger partial charge < -0.3 is 15.2 Å². The summed E-state index contributed by atoms with van der Waals surface area (Å²) in [6, 6.07) is 16.0. The van der Waals surface area contributed by atoms with Crippen LogP contribution in [0.1, 0.15) is 25.5 Å². The quantitative estimate of drug-likeness (QED) is 0.742. The number of ether oxygens (including phenoxy) is 2. The minimum atomic E-state index is -0.778. The monoisotopic (exact) mass is 348 g/mol. The lowest BCUT2D eigenvalue weighted by atomic mass is 9.80. The van der Waals surface area contributed by atoms with Crippen LogP contribution in [0.25, 0.3) is 22.0 Å². The molecular formula is C21H20N2O3. The first kappa shape index (κ1) is 16.4. The zero-order valence-electron chi connectivity index (χ0n) is 14.7. The molecule has 1 amide bonds. The van der Waals surface area contributed by atoms with E-state index in [1.54, 1.807) is 6.20 Å². The molecule has 0 radical (unpaired) electrons. The van der Waals surface area contributed by atoms with E-state index in [0.717, 1.165) is 27.6 Å². The molecule has 0 aliphatic carbocycles. The van der Waals surface area contributed by atoms with Crippen molar-refractivity contribution in [3.63, 3.8) is 0 Å². The Balaban J connectivity index is 1.82. The molecule has 1 aliphatic heterocycles. The maximum absolute atomic E-state index is 11.4. The molecule has 1 aromatic heterocycles. The molecule has 0 saturated heterocycles. The summed E-state index contributed by atoms with van der Waals surface area (Å²) in [5.41, 5.74) is 8.81. The number of aromatic nitrogens is 1. The molecule has 132 valence electrons. The van der Waals surface area contributed by atoms with E-state index in [9.17, 15) is 4.79 Å². The van der Waals surface area contributed by atoms with Gasteiger partial charge in [0, 0.05) is 22.6 Å². The van der Waals surface area contributed by atoms with Crippen LogP contribution in [-0.4, -0.2) is 17.7 Å². The van der Waals surface area contributed by atoms with Gasteiger partial charge in [0.05, 0.1) is 12.1 Å². The van der Waals surface area contributed by atoms with Crippen molar-refractivity contribution in [1.82, 2.24) is 4.98 Å². The van der Waals surface area contributed by atoms with Crippen LogP contribution in [0.4, 0.5) is 4.79 Å². The number of carbonyl (C=O) groups is 1. The minimum Gasteiger partial charge on any atom is -0.492 e. The predicted octanol–water partition coefficient (Wildman–Crippen LogP) is 4.46. The predicted molar refractivity (Wildman–Crippen MR) is 99.9 cm³/mol. The van der Waals surface area contributed by atoms with Crippen molar-refractivity contribution in [1.29, 1.82) is 0 Å². The normalized spacial score (nSPS) is 18.0. The highest BCUT2D eigenvalue weighted by Crippen LogP contribution is 2.46. The number of rotatable bonds is 2. The van der Waals surface area contributed by atoms with Crippen molar-refractivity contribution in [2.75, 3.05) is 6.61 Å². The van der Waals surface area contributed by atoms with Crippen LogP contribution < -0.4 is 10.5 Å². The van der Waals surface area contributed by atoms with Crippen LogP contribution >= 0.6 is 0 Å². The Morgan fingerprint density at radius 2 is 2.08 bits per heavy atom. The summed E-state index contributed by atoms with van der Waals surface area (Å²) in [5, 5.41) is 1.08. The van der Waals surface area contributed by atoms with E-state index >= 15 is 0 Å². The van der Waals surface area contributed by atoms with Crippen LogP contribution in [0.5, 0.6) is 5.75 Å². The van der Waals surface area contributed by atoms with E-state index in [1.165, 1.54) is 0 Å². The Bertz CT molecular complexity index is 992. The van der Waals surface area contributed by atoms with Gasteiger partial charge in [-0.25, -0.2) is 4.79 Å². The first-order chi connectivity index (χ1) is 12.5. The van der Waals surface area contributed by atoms with Crippen molar-refractivity contribution in [2.24, 2.45) is 11.1 Å². The average Bonchev–Trinajstić information content (AvgIpc) is 2.63. The SMILES string of the molecule is CC1(C)COc2cc(-c3cccc4ncccc34)ccc2C1OC(N)=O. The Hall–Kier alpha value is -3.08. The standard InChI is InChI=1S/C21H20N2O3/c1-21(2)12-25-18-11-13(8-9-16(18)19(21)26-20(22)24)14-5-3-7-17-15(14)6-4-10-23-17/h3-11,19H,12H2,1-2H3,(H2,22,24).